The molecule has 0 saturated carbocycles. The van der Waals surface area contributed by atoms with Crippen molar-refractivity contribution >= 4 is 29.2 Å². The van der Waals surface area contributed by atoms with Crippen LogP contribution in [0.1, 0.15) is 36.0 Å². The van der Waals surface area contributed by atoms with Crippen LogP contribution in [0.15, 0.2) is 42.5 Å². The molecular formula is C20H18Cl2N2O5. The average molecular weight is 437 g/mol. The second-order valence-corrected chi connectivity index (χ2v) is 6.91. The van der Waals surface area contributed by atoms with Gasteiger partial charge >= 0.3 is 5.97 Å². The molecule has 0 amide bonds. The van der Waals surface area contributed by atoms with E-state index in [4.69, 9.17) is 32.7 Å². The molecule has 1 unspecified atom stereocenters. The number of halogens is 2. The van der Waals surface area contributed by atoms with Gasteiger partial charge in [-0.15, -0.1) is 0 Å². The molecule has 0 aliphatic heterocycles. The van der Waals surface area contributed by atoms with E-state index >= 15 is 0 Å². The highest BCUT2D eigenvalue weighted by molar-refractivity contribution is 6.35. The van der Waals surface area contributed by atoms with Gasteiger partial charge in [0.1, 0.15) is 11.5 Å². The van der Waals surface area contributed by atoms with Crippen molar-refractivity contribution < 1.29 is 24.5 Å². The van der Waals surface area contributed by atoms with Crippen LogP contribution in [0, 0.1) is 0 Å². The summed E-state index contributed by atoms with van der Waals surface area (Å²) >= 11 is 12.2. The third-order valence-electron chi connectivity index (χ3n) is 3.99. The van der Waals surface area contributed by atoms with Crippen LogP contribution >= 0.6 is 23.2 Å². The van der Waals surface area contributed by atoms with Crippen LogP contribution in [0.25, 0.3) is 5.69 Å². The van der Waals surface area contributed by atoms with Gasteiger partial charge in [-0.25, -0.2) is 4.79 Å². The van der Waals surface area contributed by atoms with Gasteiger partial charge < -0.3 is 19.7 Å². The fraction of sp³-hybridized carbons (Fsp3) is 0.200. The van der Waals surface area contributed by atoms with E-state index in [0.717, 1.165) is 0 Å². The lowest BCUT2D eigenvalue weighted by atomic mass is 10.1. The van der Waals surface area contributed by atoms with E-state index in [0.29, 0.717) is 28.8 Å². The first-order valence-electron chi connectivity index (χ1n) is 8.72. The van der Waals surface area contributed by atoms with Crippen molar-refractivity contribution in [1.82, 2.24) is 9.78 Å². The Labute approximate surface area is 177 Å². The molecule has 2 aromatic carbocycles. The van der Waals surface area contributed by atoms with Crippen molar-refractivity contribution in [3.05, 3.63) is 63.8 Å². The smallest absolute Gasteiger partial charge is 0.356 e. The largest absolute Gasteiger partial charge is 0.494 e. The number of carboxylic acids is 1. The topological polar surface area (TPSA) is 93.8 Å². The first-order valence-corrected chi connectivity index (χ1v) is 9.47. The van der Waals surface area contributed by atoms with Gasteiger partial charge in [-0.2, -0.15) is 9.78 Å². The molecule has 0 radical (unpaired) electrons. The van der Waals surface area contributed by atoms with Crippen molar-refractivity contribution in [2.24, 2.45) is 0 Å². The summed E-state index contributed by atoms with van der Waals surface area (Å²) in [6.07, 6.45) is -1.15. The Bertz CT molecular complexity index is 1030. The van der Waals surface area contributed by atoms with Crippen molar-refractivity contribution in [3.63, 3.8) is 0 Å². The highest BCUT2D eigenvalue weighted by atomic mass is 35.5. The van der Waals surface area contributed by atoms with Crippen LogP contribution in [0.4, 0.5) is 0 Å². The molecule has 0 bridgehead atoms. The van der Waals surface area contributed by atoms with E-state index in [-0.39, 0.29) is 22.2 Å². The molecule has 0 saturated heterocycles. The molecule has 3 rings (SSSR count). The van der Waals surface area contributed by atoms with E-state index in [1.165, 1.54) is 17.7 Å². The molecular weight excluding hydrogens is 419 g/mol. The lowest BCUT2D eigenvalue weighted by molar-refractivity contribution is 0.0683. The van der Waals surface area contributed by atoms with Gasteiger partial charge in [0.2, 0.25) is 5.88 Å². The summed E-state index contributed by atoms with van der Waals surface area (Å²) in [5, 5.41) is 24.6. The molecule has 3 aromatic rings. The van der Waals surface area contributed by atoms with Gasteiger partial charge in [-0.1, -0.05) is 23.2 Å². The number of aliphatic hydroxyl groups excluding tert-OH is 1. The molecule has 0 aliphatic rings. The lowest BCUT2D eigenvalue weighted by Crippen LogP contribution is -2.04. The van der Waals surface area contributed by atoms with Crippen LogP contribution in [-0.2, 0) is 0 Å². The number of hydrogen-bond donors (Lipinski definition) is 2. The SMILES string of the molecule is CCOc1ccc(Oc2c(C(C)O)c(C(=O)O)nn2-c2ccc(Cl)cc2Cl)cc1. The van der Waals surface area contributed by atoms with E-state index in [1.807, 2.05) is 6.92 Å². The number of rotatable bonds is 7. The number of aromatic carboxylic acids is 1. The number of benzene rings is 2. The molecule has 152 valence electrons. The summed E-state index contributed by atoms with van der Waals surface area (Å²) in [5.74, 6) is -0.207. The van der Waals surface area contributed by atoms with E-state index in [1.54, 1.807) is 36.4 Å². The van der Waals surface area contributed by atoms with Crippen LogP contribution < -0.4 is 9.47 Å². The molecule has 9 heteroatoms. The Morgan fingerprint density at radius 3 is 2.38 bits per heavy atom. The van der Waals surface area contributed by atoms with Gasteiger partial charge in [0.15, 0.2) is 5.69 Å². The summed E-state index contributed by atoms with van der Waals surface area (Å²) in [4.78, 5) is 11.7. The van der Waals surface area contributed by atoms with Gasteiger partial charge in [0, 0.05) is 5.02 Å². The molecule has 29 heavy (non-hydrogen) atoms. The number of aromatic nitrogens is 2. The van der Waals surface area contributed by atoms with Crippen LogP contribution in [0.5, 0.6) is 17.4 Å². The maximum Gasteiger partial charge on any atom is 0.356 e. The maximum absolute atomic E-state index is 11.7. The molecule has 2 N–H and O–H groups in total. The number of carbonyl (C=O) groups is 1. The Morgan fingerprint density at radius 2 is 1.83 bits per heavy atom. The van der Waals surface area contributed by atoms with Crippen molar-refractivity contribution in [3.8, 4) is 23.1 Å². The van der Waals surface area contributed by atoms with Gasteiger partial charge in [0.25, 0.3) is 0 Å². The Morgan fingerprint density at radius 1 is 1.17 bits per heavy atom. The first kappa shape index (κ1) is 21.0. The Balaban J connectivity index is 2.15. The fourth-order valence-corrected chi connectivity index (χ4v) is 3.23. The van der Waals surface area contributed by atoms with E-state index in [2.05, 4.69) is 5.10 Å². The normalized spacial score (nSPS) is 11.9. The minimum Gasteiger partial charge on any atom is -0.494 e. The minimum atomic E-state index is -1.30. The predicted octanol–water partition coefficient (Wildman–Crippen LogP) is 5.12. The number of nitrogens with zero attached hydrogens (tertiary/aromatic N) is 2. The zero-order valence-corrected chi connectivity index (χ0v) is 17.1. The monoisotopic (exact) mass is 436 g/mol. The zero-order valence-electron chi connectivity index (χ0n) is 15.6. The molecule has 1 atom stereocenters. The molecule has 0 fully saturated rings. The maximum atomic E-state index is 11.7. The third-order valence-corrected chi connectivity index (χ3v) is 4.52. The number of ether oxygens (including phenoxy) is 2. The molecule has 1 heterocycles. The average Bonchev–Trinajstić information content (AvgIpc) is 3.03. The summed E-state index contributed by atoms with van der Waals surface area (Å²) in [5.41, 5.74) is 0.0377. The van der Waals surface area contributed by atoms with Crippen molar-refractivity contribution in [2.45, 2.75) is 20.0 Å². The molecule has 0 aliphatic carbocycles. The van der Waals surface area contributed by atoms with Gasteiger partial charge in [-0.3, -0.25) is 0 Å². The number of aliphatic hydroxyl groups is 1. The summed E-state index contributed by atoms with van der Waals surface area (Å²) in [6, 6.07) is 11.4. The van der Waals surface area contributed by atoms with Crippen LogP contribution in [0.3, 0.4) is 0 Å². The molecule has 0 spiro atoms. The third kappa shape index (κ3) is 4.48. The van der Waals surface area contributed by atoms with Gasteiger partial charge in [-0.05, 0) is 56.3 Å². The standard InChI is InChI=1S/C20H18Cl2N2O5/c1-3-28-13-5-7-14(8-6-13)29-19-17(11(2)25)18(20(26)27)23-24(19)16-9-4-12(21)10-15(16)22/h4-11,25H,3H2,1-2H3,(H,26,27). The van der Waals surface area contributed by atoms with Crippen LogP contribution in [-0.4, -0.2) is 32.6 Å². The number of carboxylic acid groups (broad SMARTS) is 1. The summed E-state index contributed by atoms with van der Waals surface area (Å²) < 4.78 is 12.6. The van der Waals surface area contributed by atoms with Crippen molar-refractivity contribution in [1.29, 1.82) is 0 Å². The zero-order chi connectivity index (χ0) is 21.1. The van der Waals surface area contributed by atoms with Gasteiger partial charge in [0.05, 0.1) is 29.0 Å². The highest BCUT2D eigenvalue weighted by Gasteiger charge is 2.29. The van der Waals surface area contributed by atoms with E-state index in [9.17, 15) is 15.0 Å². The quantitative estimate of drug-likeness (QED) is 0.533. The lowest BCUT2D eigenvalue weighted by Gasteiger charge is -2.14. The summed E-state index contributed by atoms with van der Waals surface area (Å²) in [7, 11) is 0. The first-order chi connectivity index (χ1) is 13.8. The van der Waals surface area contributed by atoms with E-state index < -0.39 is 12.1 Å². The highest BCUT2D eigenvalue weighted by Crippen LogP contribution is 2.37. The second kappa shape index (κ2) is 8.73. The number of hydrogen-bond acceptors (Lipinski definition) is 5. The summed E-state index contributed by atoms with van der Waals surface area (Å²) in [6.45, 7) is 3.83. The van der Waals surface area contributed by atoms with Crippen molar-refractivity contribution in [2.75, 3.05) is 6.61 Å². The fourth-order valence-electron chi connectivity index (χ4n) is 2.75. The Hall–Kier alpha value is -2.74. The molecule has 7 nitrogen and oxygen atoms in total. The second-order valence-electron chi connectivity index (χ2n) is 6.06. The minimum absolute atomic E-state index is 0.0254. The molecule has 1 aromatic heterocycles. The predicted molar refractivity (Wildman–Crippen MR) is 109 cm³/mol. The Kier molecular flexibility index (Phi) is 6.32. The van der Waals surface area contributed by atoms with Crippen LogP contribution in [0.2, 0.25) is 10.0 Å².